The fraction of sp³-hybridized carbons (Fsp3) is 0.381. The number of anilines is 3. The molecule has 3 rings (SSSR count). The molecule has 3 N–H and O–H groups in total. The maximum Gasteiger partial charge on any atom is 0.273 e. The number of thiazole rings is 1. The Morgan fingerprint density at radius 2 is 1.94 bits per heavy atom. The minimum atomic E-state index is -0.402. The lowest BCUT2D eigenvalue weighted by molar-refractivity contribution is -0.432. The third kappa shape index (κ3) is 5.98. The lowest BCUT2D eigenvalue weighted by Crippen LogP contribution is -2.25. The number of rotatable bonds is 13. The molecule has 0 aliphatic heterocycles. The molecule has 0 saturated carbocycles. The van der Waals surface area contributed by atoms with Crippen molar-refractivity contribution in [3.63, 3.8) is 0 Å². The summed E-state index contributed by atoms with van der Waals surface area (Å²) in [5, 5.41) is 24.2. The van der Waals surface area contributed by atoms with Crippen LogP contribution < -0.4 is 20.5 Å². The molecule has 0 radical (unpaired) electrons. The van der Waals surface area contributed by atoms with Crippen molar-refractivity contribution in [1.29, 1.82) is 0 Å². The van der Waals surface area contributed by atoms with Crippen molar-refractivity contribution in [2.75, 3.05) is 36.0 Å². The topological polar surface area (TPSA) is 131 Å². The van der Waals surface area contributed by atoms with Gasteiger partial charge in [0.1, 0.15) is 5.75 Å². The number of nitro benzene ring substituents is 1. The van der Waals surface area contributed by atoms with Gasteiger partial charge in [-0.2, -0.15) is 0 Å². The highest BCUT2D eigenvalue weighted by atomic mass is 32.2. The Balaban J connectivity index is 1.91. The van der Waals surface area contributed by atoms with Gasteiger partial charge in [0.2, 0.25) is 5.13 Å². The molecule has 184 valence electrons. The van der Waals surface area contributed by atoms with Crippen LogP contribution >= 0.6 is 23.4 Å². The third-order valence-corrected chi connectivity index (χ3v) is 6.55. The van der Waals surface area contributed by atoms with Gasteiger partial charge in [-0.05, 0) is 31.9 Å². The maximum atomic E-state index is 11.2. The Kier molecular flexibility index (Phi) is 9.12. The van der Waals surface area contributed by atoms with E-state index in [9.17, 15) is 10.1 Å². The van der Waals surface area contributed by atoms with Crippen LogP contribution in [0.3, 0.4) is 0 Å². The summed E-state index contributed by atoms with van der Waals surface area (Å²) in [5.74, 6) is 0.663. The fourth-order valence-corrected chi connectivity index (χ4v) is 4.81. The largest absolute Gasteiger partial charge is 0.495 e. The number of nitrogens with zero attached hydrogens (tertiary/aromatic N) is 3. The lowest BCUT2D eigenvalue weighted by atomic mass is 10.2. The summed E-state index contributed by atoms with van der Waals surface area (Å²) < 4.78 is 11.0. The molecular weight excluding hydrogens is 482 g/mol. The molecule has 0 bridgehead atoms. The van der Waals surface area contributed by atoms with Crippen LogP contribution in [0, 0.1) is 17.0 Å². The van der Waals surface area contributed by atoms with E-state index < -0.39 is 4.92 Å². The molecule has 0 amide bonds. The summed E-state index contributed by atoms with van der Waals surface area (Å²) in [6.07, 6.45) is 1.94. The molecule has 3 aromatic rings. The zero-order valence-corrected chi connectivity index (χ0v) is 20.9. The molecule has 0 aliphatic rings. The lowest BCUT2D eigenvalue weighted by Gasteiger charge is -2.27. The molecular formula is C21H27N5O6S2. The fourth-order valence-electron chi connectivity index (χ4n) is 3.51. The molecule has 0 atom stereocenters. The Hall–Kier alpha value is -2.84. The molecule has 11 nitrogen and oxygen atoms in total. The Morgan fingerprint density at radius 1 is 1.21 bits per heavy atom. The van der Waals surface area contributed by atoms with Gasteiger partial charge in [0.25, 0.3) is 5.69 Å². The summed E-state index contributed by atoms with van der Waals surface area (Å²) in [6, 6.07) is 6.92. The number of fused-ring (bicyclic) bond motifs is 1. The van der Waals surface area contributed by atoms with E-state index in [0.29, 0.717) is 37.2 Å². The maximum absolute atomic E-state index is 11.2. The van der Waals surface area contributed by atoms with Gasteiger partial charge in [0, 0.05) is 30.8 Å². The van der Waals surface area contributed by atoms with Gasteiger partial charge in [-0.15, -0.1) is 4.33 Å². The molecule has 2 aromatic carbocycles. The van der Waals surface area contributed by atoms with E-state index in [1.165, 1.54) is 17.4 Å². The summed E-state index contributed by atoms with van der Waals surface area (Å²) >= 11 is 2.11. The van der Waals surface area contributed by atoms with Crippen LogP contribution in [0.1, 0.15) is 32.3 Å². The van der Waals surface area contributed by atoms with Crippen molar-refractivity contribution in [3.05, 3.63) is 39.9 Å². The predicted octanol–water partition coefficient (Wildman–Crippen LogP) is 6.02. The summed E-state index contributed by atoms with van der Waals surface area (Å²) in [6.45, 7) is 7.62. The second-order valence-corrected chi connectivity index (χ2v) is 9.14. The van der Waals surface area contributed by atoms with E-state index in [4.69, 9.17) is 14.3 Å². The van der Waals surface area contributed by atoms with E-state index >= 15 is 0 Å². The summed E-state index contributed by atoms with van der Waals surface area (Å²) in [5.41, 5.74) is 8.86. The molecule has 0 fully saturated rings. The van der Waals surface area contributed by atoms with Crippen LogP contribution in [0.5, 0.6) is 5.75 Å². The second-order valence-electron chi connectivity index (χ2n) is 7.37. The third-order valence-electron chi connectivity index (χ3n) is 4.97. The highest BCUT2D eigenvalue weighted by Gasteiger charge is 2.18. The first-order valence-corrected chi connectivity index (χ1v) is 12.2. The number of methoxy groups -OCH3 is 1. The number of benzene rings is 2. The standard InChI is InChI=1S/C21H27N5O6S2/c1-5-7-25(8-6-2)17-12-20(34-32-31-29)15(10-18(17)30-4)23-24-21-22-14-9-13(3)16(26(27)28)11-19(14)33-21/h9-12,23,29H,5-8H2,1-4H3,(H,22,24). The molecule has 1 aromatic heterocycles. The minimum Gasteiger partial charge on any atom is -0.495 e. The number of nitrogens with one attached hydrogen (secondary N) is 2. The Morgan fingerprint density at radius 3 is 2.56 bits per heavy atom. The van der Waals surface area contributed by atoms with E-state index in [1.54, 1.807) is 20.1 Å². The van der Waals surface area contributed by atoms with Crippen molar-refractivity contribution in [2.24, 2.45) is 0 Å². The van der Waals surface area contributed by atoms with Gasteiger partial charge in [-0.25, -0.2) is 10.2 Å². The number of nitro groups is 1. The zero-order chi connectivity index (χ0) is 24.7. The number of aromatic nitrogens is 1. The van der Waals surface area contributed by atoms with E-state index in [2.05, 4.69) is 39.6 Å². The van der Waals surface area contributed by atoms with Crippen molar-refractivity contribution >= 4 is 55.8 Å². The quantitative estimate of drug-likeness (QED) is 0.108. The van der Waals surface area contributed by atoms with E-state index in [-0.39, 0.29) is 5.69 Å². The number of ether oxygens (including phenoxy) is 1. The van der Waals surface area contributed by atoms with Crippen LogP contribution in [0.2, 0.25) is 0 Å². The molecule has 0 unspecified atom stereocenters. The smallest absolute Gasteiger partial charge is 0.273 e. The Bertz CT molecular complexity index is 1140. The monoisotopic (exact) mass is 509 g/mol. The molecule has 1 heterocycles. The van der Waals surface area contributed by atoms with Gasteiger partial charge in [-0.3, -0.25) is 21.0 Å². The number of hydrogen-bond acceptors (Lipinski definition) is 12. The van der Waals surface area contributed by atoms with Crippen LogP contribution in [-0.4, -0.2) is 35.4 Å². The molecule has 0 aliphatic carbocycles. The molecule has 34 heavy (non-hydrogen) atoms. The van der Waals surface area contributed by atoms with E-state index in [0.717, 1.165) is 43.7 Å². The van der Waals surface area contributed by atoms with Gasteiger partial charge in [0.05, 0.1) is 50.6 Å². The van der Waals surface area contributed by atoms with Crippen molar-refractivity contribution in [1.82, 2.24) is 4.98 Å². The van der Waals surface area contributed by atoms with Gasteiger partial charge in [-0.1, -0.05) is 30.2 Å². The van der Waals surface area contributed by atoms with Crippen molar-refractivity contribution < 1.29 is 24.3 Å². The first-order valence-electron chi connectivity index (χ1n) is 10.6. The van der Waals surface area contributed by atoms with Crippen LogP contribution in [0.4, 0.5) is 22.2 Å². The molecule has 0 saturated heterocycles. The average molecular weight is 510 g/mol. The van der Waals surface area contributed by atoms with Crippen molar-refractivity contribution in [3.8, 4) is 5.75 Å². The molecule has 13 heteroatoms. The Labute approximate surface area is 205 Å². The van der Waals surface area contributed by atoms with Gasteiger partial charge >= 0.3 is 0 Å². The van der Waals surface area contributed by atoms with Crippen LogP contribution in [0.25, 0.3) is 10.2 Å². The summed E-state index contributed by atoms with van der Waals surface area (Å²) in [4.78, 5) is 18.2. The van der Waals surface area contributed by atoms with E-state index in [1.807, 2.05) is 12.1 Å². The normalized spacial score (nSPS) is 11.0. The molecule has 0 spiro atoms. The SMILES string of the molecule is CCCN(CCC)c1cc(SOOO)c(NNc2nc3cc(C)c([N+](=O)[O-])cc3s2)cc1OC. The highest BCUT2D eigenvalue weighted by Crippen LogP contribution is 2.40. The van der Waals surface area contributed by atoms with Crippen LogP contribution in [-0.2, 0) is 9.37 Å². The average Bonchev–Trinajstić information content (AvgIpc) is 3.22. The number of hydrazine groups is 1. The second kappa shape index (κ2) is 12.0. The highest BCUT2D eigenvalue weighted by molar-refractivity contribution is 7.94. The van der Waals surface area contributed by atoms with Gasteiger partial charge < -0.3 is 9.64 Å². The predicted molar refractivity (Wildman–Crippen MR) is 135 cm³/mol. The van der Waals surface area contributed by atoms with Gasteiger partial charge in [0.15, 0.2) is 0 Å². The zero-order valence-electron chi connectivity index (χ0n) is 19.3. The first-order chi connectivity index (χ1) is 16.4. The number of hydrogen-bond donors (Lipinski definition) is 3. The number of aryl methyl sites for hydroxylation is 1. The summed E-state index contributed by atoms with van der Waals surface area (Å²) in [7, 11) is 1.61. The first kappa shape index (κ1) is 25.8. The minimum absolute atomic E-state index is 0.0551. The van der Waals surface area contributed by atoms with Crippen molar-refractivity contribution in [2.45, 2.75) is 38.5 Å². The van der Waals surface area contributed by atoms with Crippen LogP contribution in [0.15, 0.2) is 29.2 Å².